The number of alkyl halides is 1. The molecule has 15 heavy (non-hydrogen) atoms. The smallest absolute Gasteiger partial charge is 0.338 e. The molecule has 2 atom stereocenters. The van der Waals surface area contributed by atoms with E-state index < -0.39 is 44.2 Å². The van der Waals surface area contributed by atoms with E-state index in [0.717, 1.165) is 0 Å². The molecule has 0 aliphatic heterocycles. The Morgan fingerprint density at radius 3 is 1.93 bits per heavy atom. The Morgan fingerprint density at radius 1 is 1.20 bits per heavy atom. The lowest BCUT2D eigenvalue weighted by Gasteiger charge is -2.13. The zero-order valence-corrected chi connectivity index (χ0v) is 8.30. The van der Waals surface area contributed by atoms with Crippen molar-refractivity contribution in [2.24, 2.45) is 5.92 Å². The first-order valence-corrected chi connectivity index (χ1v) is 5.57. The first kappa shape index (κ1) is 14.0. The zero-order valence-electron chi connectivity index (χ0n) is 7.41. The van der Waals surface area contributed by atoms with Gasteiger partial charge in [0.1, 0.15) is 0 Å². The number of carbonyl (C=O) groups is 2. The first-order valence-electron chi connectivity index (χ1n) is 3.77. The molecule has 0 amide bonds. The van der Waals surface area contributed by atoms with E-state index in [1.165, 1.54) is 0 Å². The van der Waals surface area contributed by atoms with Crippen LogP contribution in [0.15, 0.2) is 0 Å². The van der Waals surface area contributed by atoms with Crippen molar-refractivity contribution in [3.05, 3.63) is 0 Å². The van der Waals surface area contributed by atoms with Gasteiger partial charge in [-0.05, 0) is 0 Å². The molecule has 9 heteroatoms. The van der Waals surface area contributed by atoms with E-state index in [1.807, 2.05) is 0 Å². The molecule has 0 spiro atoms. The predicted octanol–water partition coefficient (Wildman–Crippen LogP) is -0.322. The third kappa shape index (κ3) is 6.16. The molecule has 0 unspecified atom stereocenters. The van der Waals surface area contributed by atoms with E-state index in [0.29, 0.717) is 0 Å². The van der Waals surface area contributed by atoms with Crippen LogP contribution in [0, 0.1) is 5.92 Å². The van der Waals surface area contributed by atoms with Gasteiger partial charge >= 0.3 is 19.5 Å². The van der Waals surface area contributed by atoms with Crippen molar-refractivity contribution in [1.82, 2.24) is 0 Å². The Bertz CT molecular complexity index is 298. The Balaban J connectivity index is 4.49. The molecule has 0 bridgehead atoms. The highest BCUT2D eigenvalue weighted by atomic mass is 31.2. The van der Waals surface area contributed by atoms with Gasteiger partial charge in [-0.3, -0.25) is 9.36 Å². The second-order valence-corrected chi connectivity index (χ2v) is 4.62. The van der Waals surface area contributed by atoms with Gasteiger partial charge in [-0.25, -0.2) is 9.18 Å². The molecular weight excluding hydrogens is 234 g/mol. The number of aliphatic carboxylic acids is 2. The Kier molecular flexibility index (Phi) is 4.86. The van der Waals surface area contributed by atoms with Crippen molar-refractivity contribution in [3.8, 4) is 0 Å². The molecular formula is C6H10FO7P. The highest BCUT2D eigenvalue weighted by Gasteiger charge is 2.32. The highest BCUT2D eigenvalue weighted by molar-refractivity contribution is 7.51. The second kappa shape index (κ2) is 5.20. The van der Waals surface area contributed by atoms with Crippen LogP contribution in [0.1, 0.15) is 6.42 Å². The van der Waals surface area contributed by atoms with E-state index >= 15 is 0 Å². The van der Waals surface area contributed by atoms with Crippen molar-refractivity contribution in [1.29, 1.82) is 0 Å². The van der Waals surface area contributed by atoms with Gasteiger partial charge in [-0.2, -0.15) is 0 Å². The van der Waals surface area contributed by atoms with Crippen LogP contribution in [0.2, 0.25) is 0 Å². The summed E-state index contributed by atoms with van der Waals surface area (Å²) >= 11 is 0. The average Bonchev–Trinajstić information content (AvgIpc) is 1.99. The number of hydrogen-bond acceptors (Lipinski definition) is 3. The minimum atomic E-state index is -4.60. The van der Waals surface area contributed by atoms with Gasteiger partial charge in [-0.1, -0.05) is 0 Å². The molecule has 0 saturated carbocycles. The van der Waals surface area contributed by atoms with Crippen LogP contribution in [0.5, 0.6) is 0 Å². The number of carboxylic acid groups (broad SMARTS) is 2. The topological polar surface area (TPSA) is 132 Å². The van der Waals surface area contributed by atoms with Crippen molar-refractivity contribution in [2.45, 2.75) is 12.6 Å². The molecule has 0 saturated heterocycles. The number of halogens is 1. The molecule has 0 aromatic carbocycles. The summed E-state index contributed by atoms with van der Waals surface area (Å²) < 4.78 is 23.1. The molecule has 0 aromatic rings. The summed E-state index contributed by atoms with van der Waals surface area (Å²) in [6, 6.07) is 0. The van der Waals surface area contributed by atoms with Crippen LogP contribution in [-0.2, 0) is 14.2 Å². The van der Waals surface area contributed by atoms with Crippen LogP contribution < -0.4 is 0 Å². The third-order valence-electron chi connectivity index (χ3n) is 1.57. The fourth-order valence-electron chi connectivity index (χ4n) is 0.891. The van der Waals surface area contributed by atoms with Crippen LogP contribution in [0.25, 0.3) is 0 Å². The summed E-state index contributed by atoms with van der Waals surface area (Å²) in [5, 5.41) is 16.6. The summed E-state index contributed by atoms with van der Waals surface area (Å²) in [6.45, 7) is 0. The first-order chi connectivity index (χ1) is 6.63. The SMILES string of the molecule is O=C(O)[C@H](C[C@H](F)C(=O)O)CP(=O)(O)O. The Morgan fingerprint density at radius 2 is 1.67 bits per heavy atom. The van der Waals surface area contributed by atoms with Crippen molar-refractivity contribution in [3.63, 3.8) is 0 Å². The van der Waals surface area contributed by atoms with Crippen LogP contribution in [-0.4, -0.2) is 44.3 Å². The Hall–Kier alpha value is -0.980. The van der Waals surface area contributed by atoms with Crippen molar-refractivity contribution < 1.29 is 38.5 Å². The van der Waals surface area contributed by atoms with Crippen LogP contribution in [0.3, 0.4) is 0 Å². The monoisotopic (exact) mass is 244 g/mol. The standard InChI is InChI=1S/C6H10FO7P/c7-4(6(10)11)1-3(5(8)9)2-15(12,13)14/h3-4H,1-2H2,(H,8,9)(H,10,11)(H2,12,13,14)/t3-,4+/m1/s1. The lowest BCUT2D eigenvalue weighted by atomic mass is 10.1. The van der Waals surface area contributed by atoms with E-state index in [9.17, 15) is 18.5 Å². The number of rotatable bonds is 6. The van der Waals surface area contributed by atoms with Crippen molar-refractivity contribution in [2.75, 3.05) is 6.16 Å². The minimum absolute atomic E-state index is 0.963. The molecule has 88 valence electrons. The van der Waals surface area contributed by atoms with E-state index in [2.05, 4.69) is 0 Å². The quantitative estimate of drug-likeness (QED) is 0.470. The number of carboxylic acids is 2. The molecule has 7 nitrogen and oxygen atoms in total. The highest BCUT2D eigenvalue weighted by Crippen LogP contribution is 2.38. The van der Waals surface area contributed by atoms with Crippen molar-refractivity contribution >= 4 is 19.5 Å². The van der Waals surface area contributed by atoms with E-state index in [4.69, 9.17) is 20.0 Å². The van der Waals surface area contributed by atoms with Crippen LogP contribution in [0.4, 0.5) is 4.39 Å². The Labute approximate surface area is 83.7 Å². The van der Waals surface area contributed by atoms with Gasteiger partial charge in [0.05, 0.1) is 12.1 Å². The van der Waals surface area contributed by atoms with Gasteiger partial charge < -0.3 is 20.0 Å². The molecule has 0 fully saturated rings. The van der Waals surface area contributed by atoms with E-state index in [-0.39, 0.29) is 0 Å². The molecule has 0 heterocycles. The molecule has 0 aromatic heterocycles. The van der Waals surface area contributed by atoms with Gasteiger partial charge in [0, 0.05) is 6.42 Å². The summed E-state index contributed by atoms with van der Waals surface area (Å²) in [5.74, 6) is -5.20. The fraction of sp³-hybridized carbons (Fsp3) is 0.667. The lowest BCUT2D eigenvalue weighted by Crippen LogP contribution is -2.26. The summed E-state index contributed by atoms with van der Waals surface area (Å²) in [6.07, 6.45) is -4.48. The molecule has 0 rings (SSSR count). The van der Waals surface area contributed by atoms with Gasteiger partial charge in [0.25, 0.3) is 0 Å². The fourth-order valence-corrected chi connectivity index (χ4v) is 1.77. The van der Waals surface area contributed by atoms with Gasteiger partial charge in [-0.15, -0.1) is 0 Å². The van der Waals surface area contributed by atoms with E-state index in [1.54, 1.807) is 0 Å². The molecule has 0 aliphatic rings. The summed E-state index contributed by atoms with van der Waals surface area (Å²) in [7, 11) is -4.60. The summed E-state index contributed by atoms with van der Waals surface area (Å²) in [5.41, 5.74) is 0. The largest absolute Gasteiger partial charge is 0.481 e. The number of hydrogen-bond donors (Lipinski definition) is 4. The minimum Gasteiger partial charge on any atom is -0.481 e. The molecule has 0 radical (unpaired) electrons. The maximum Gasteiger partial charge on any atom is 0.338 e. The maximum atomic E-state index is 12.6. The zero-order chi connectivity index (χ0) is 12.2. The lowest BCUT2D eigenvalue weighted by molar-refractivity contribution is -0.146. The molecule has 4 N–H and O–H groups in total. The van der Waals surface area contributed by atoms with Gasteiger partial charge in [0.15, 0.2) is 6.17 Å². The van der Waals surface area contributed by atoms with Gasteiger partial charge in [0.2, 0.25) is 0 Å². The summed E-state index contributed by atoms with van der Waals surface area (Å²) in [4.78, 5) is 37.4. The second-order valence-electron chi connectivity index (χ2n) is 2.92. The maximum absolute atomic E-state index is 12.6. The van der Waals surface area contributed by atoms with Crippen LogP contribution >= 0.6 is 7.60 Å². The predicted molar refractivity (Wildman–Crippen MR) is 45.2 cm³/mol. The normalized spacial score (nSPS) is 15.7. The molecule has 0 aliphatic carbocycles. The average molecular weight is 244 g/mol. The third-order valence-corrected chi connectivity index (χ3v) is 2.48.